The van der Waals surface area contributed by atoms with Crippen molar-refractivity contribution in [3.63, 3.8) is 0 Å². The van der Waals surface area contributed by atoms with E-state index in [0.29, 0.717) is 0 Å². The number of halogens is 1. The monoisotopic (exact) mass is 378 g/mol. The summed E-state index contributed by atoms with van der Waals surface area (Å²) in [4.78, 5) is 34.5. The van der Waals surface area contributed by atoms with Crippen LogP contribution in [0, 0.1) is 0 Å². The first-order valence-corrected chi connectivity index (χ1v) is 9.30. The topological polar surface area (TPSA) is 189 Å². The highest BCUT2D eigenvalue weighted by Gasteiger charge is 2.43. The van der Waals surface area contributed by atoms with Crippen molar-refractivity contribution in [2.24, 2.45) is 0 Å². The number of hydrogen-bond acceptors (Lipinski definition) is 8. The number of methoxy groups -OCH3 is 1. The number of aliphatic hydroxyl groups is 1. The van der Waals surface area contributed by atoms with Crippen molar-refractivity contribution >= 4 is 23.5 Å². The van der Waals surface area contributed by atoms with Gasteiger partial charge >= 0.3 is 23.5 Å². The lowest BCUT2D eigenvalue weighted by molar-refractivity contribution is -0.165. The second-order valence-corrected chi connectivity index (χ2v) is 8.14. The van der Waals surface area contributed by atoms with Crippen LogP contribution in [0.25, 0.3) is 0 Å². The Morgan fingerprint density at radius 1 is 1.10 bits per heavy atom. The first-order valence-electron chi connectivity index (χ1n) is 4.78. The predicted molar refractivity (Wildman–Crippen MR) is 62.3 cm³/mol. The van der Waals surface area contributed by atoms with Crippen LogP contribution in [0.4, 0.5) is 4.39 Å². The summed E-state index contributed by atoms with van der Waals surface area (Å²) in [7, 11) is -15.6. The van der Waals surface area contributed by atoms with E-state index < -0.39 is 42.0 Å². The average Bonchev–Trinajstić information content (AvgIpc) is 2.20. The fourth-order valence-corrected chi connectivity index (χ4v) is 3.85. The third-order valence-electron chi connectivity index (χ3n) is 1.90. The molecule has 0 radical (unpaired) electrons. The number of alkyl halides is 1. The number of hydrogen-bond donors (Lipinski definition) is 5. The van der Waals surface area contributed by atoms with Gasteiger partial charge in [-0.15, -0.1) is 0 Å². The van der Waals surface area contributed by atoms with Gasteiger partial charge in [0.05, 0.1) is 6.61 Å². The van der Waals surface area contributed by atoms with Crippen molar-refractivity contribution in [3.05, 3.63) is 0 Å². The first-order chi connectivity index (χ1) is 9.13. The third-order valence-corrected chi connectivity index (χ3v) is 5.68. The largest absolute Gasteiger partial charge is 0.490 e. The van der Waals surface area contributed by atoms with E-state index in [1.54, 1.807) is 0 Å². The normalized spacial score (nSPS) is 22.9. The molecular formula is C5H14FO12P3. The van der Waals surface area contributed by atoms with Gasteiger partial charge in [-0.3, -0.25) is 4.52 Å². The maximum atomic E-state index is 12.8. The van der Waals surface area contributed by atoms with Crippen LogP contribution >= 0.6 is 23.5 Å². The van der Waals surface area contributed by atoms with Gasteiger partial charge in [0.15, 0.2) is 0 Å². The Morgan fingerprint density at radius 3 is 1.90 bits per heavy atom. The summed E-state index contributed by atoms with van der Waals surface area (Å²) in [5.41, 5.74) is -2.11. The first kappa shape index (κ1) is 21.3. The molecule has 0 bridgehead atoms. The third kappa shape index (κ3) is 8.46. The van der Waals surface area contributed by atoms with E-state index in [4.69, 9.17) is 24.7 Å². The molecule has 0 aliphatic heterocycles. The van der Waals surface area contributed by atoms with Crippen molar-refractivity contribution < 1.29 is 60.6 Å². The van der Waals surface area contributed by atoms with Gasteiger partial charge < -0.3 is 29.4 Å². The fourth-order valence-electron chi connectivity index (χ4n) is 0.738. The van der Waals surface area contributed by atoms with E-state index in [2.05, 4.69) is 17.9 Å². The molecule has 2 unspecified atom stereocenters. The summed E-state index contributed by atoms with van der Waals surface area (Å²) in [6.07, 6.45) is -2.64. The fraction of sp³-hybridized carbons (Fsp3) is 1.00. The van der Waals surface area contributed by atoms with Crippen LogP contribution in [0.15, 0.2) is 0 Å². The van der Waals surface area contributed by atoms with Crippen LogP contribution in [-0.2, 0) is 31.6 Å². The maximum Gasteiger partial charge on any atom is 0.490 e. The maximum absolute atomic E-state index is 12.8. The minimum atomic E-state index is -5.65. The molecule has 0 heterocycles. The second-order valence-electron chi connectivity index (χ2n) is 3.72. The Hall–Kier alpha value is 0.260. The Morgan fingerprint density at radius 2 is 1.57 bits per heavy atom. The van der Waals surface area contributed by atoms with Crippen LogP contribution in [-0.4, -0.2) is 50.4 Å². The zero-order valence-electron chi connectivity index (χ0n) is 10.6. The minimum absolute atomic E-state index is 0.933. The van der Waals surface area contributed by atoms with Gasteiger partial charge in [0.25, 0.3) is 0 Å². The Kier molecular flexibility index (Phi) is 7.31. The van der Waals surface area contributed by atoms with Gasteiger partial charge in [0.1, 0.15) is 5.60 Å². The number of phosphoric ester groups is 1. The molecule has 0 aliphatic rings. The molecule has 0 amide bonds. The van der Waals surface area contributed by atoms with Gasteiger partial charge in [-0.25, -0.2) is 18.1 Å². The van der Waals surface area contributed by atoms with Gasteiger partial charge in [0.2, 0.25) is 6.36 Å². The summed E-state index contributed by atoms with van der Waals surface area (Å²) >= 11 is 0. The Bertz CT molecular complexity index is 487. The summed E-state index contributed by atoms with van der Waals surface area (Å²) in [6, 6.07) is 0. The molecule has 5 N–H and O–H groups in total. The average molecular weight is 378 g/mol. The Balaban J connectivity index is 4.83. The number of phosphoric acid groups is 3. The number of ether oxygens (including phenoxy) is 1. The standard InChI is InChI=1S/C5H14FO12P3/c1-5(15-2,4(6)7)3-16-20(11,12)18-21(13,14)17-19(8,9)10/h4,7H,3H2,1-2H3,(H,11,12)(H,13,14)(H2,8,9,10)/t4-,5-/m1/s1. The van der Waals surface area contributed by atoms with Crippen molar-refractivity contribution in [1.29, 1.82) is 0 Å². The predicted octanol–water partition coefficient (Wildman–Crippen LogP) is 0.0227. The highest BCUT2D eigenvalue weighted by Crippen LogP contribution is 2.66. The van der Waals surface area contributed by atoms with Gasteiger partial charge in [-0.05, 0) is 6.92 Å². The lowest BCUT2D eigenvalue weighted by atomic mass is 10.1. The van der Waals surface area contributed by atoms with Crippen molar-refractivity contribution in [2.45, 2.75) is 18.9 Å². The van der Waals surface area contributed by atoms with E-state index in [-0.39, 0.29) is 0 Å². The summed E-state index contributed by atoms with van der Waals surface area (Å²) in [5, 5.41) is 8.74. The molecule has 0 aromatic rings. The number of aliphatic hydroxyl groups excluding tert-OH is 1. The van der Waals surface area contributed by atoms with Crippen molar-refractivity contribution in [1.82, 2.24) is 0 Å². The van der Waals surface area contributed by atoms with Gasteiger partial charge in [-0.1, -0.05) is 0 Å². The molecule has 0 aromatic carbocycles. The van der Waals surface area contributed by atoms with E-state index in [9.17, 15) is 18.1 Å². The summed E-state index contributed by atoms with van der Waals surface area (Å²) < 4.78 is 60.8. The van der Waals surface area contributed by atoms with E-state index in [1.807, 2.05) is 0 Å². The lowest BCUT2D eigenvalue weighted by Crippen LogP contribution is -2.42. The molecule has 0 rings (SSSR count). The smallest absolute Gasteiger partial charge is 0.370 e. The Labute approximate surface area is 117 Å². The quantitative estimate of drug-likeness (QED) is 0.339. The highest BCUT2D eigenvalue weighted by atomic mass is 31.3. The van der Waals surface area contributed by atoms with E-state index in [0.717, 1.165) is 14.0 Å². The van der Waals surface area contributed by atoms with E-state index in [1.165, 1.54) is 0 Å². The molecule has 128 valence electrons. The van der Waals surface area contributed by atoms with Crippen LogP contribution in [0.3, 0.4) is 0 Å². The molecule has 4 atom stereocenters. The van der Waals surface area contributed by atoms with Crippen molar-refractivity contribution in [2.75, 3.05) is 13.7 Å². The van der Waals surface area contributed by atoms with E-state index >= 15 is 0 Å². The molecule has 0 saturated heterocycles. The molecule has 16 heteroatoms. The van der Waals surface area contributed by atoms with Crippen molar-refractivity contribution in [3.8, 4) is 0 Å². The van der Waals surface area contributed by atoms with Gasteiger partial charge in [0, 0.05) is 7.11 Å². The highest BCUT2D eigenvalue weighted by molar-refractivity contribution is 7.66. The lowest BCUT2D eigenvalue weighted by Gasteiger charge is -2.28. The summed E-state index contributed by atoms with van der Waals surface area (Å²) in [5.74, 6) is 0. The zero-order chi connectivity index (χ0) is 17.1. The molecule has 0 fully saturated rings. The molecule has 21 heavy (non-hydrogen) atoms. The molecule has 0 spiro atoms. The molecule has 0 saturated carbocycles. The van der Waals surface area contributed by atoms with Gasteiger partial charge in [-0.2, -0.15) is 8.62 Å². The second kappa shape index (κ2) is 7.22. The molecule has 12 nitrogen and oxygen atoms in total. The molecule has 0 aromatic heterocycles. The SMILES string of the molecule is CO[C@](C)(COP(=O)(O)OP(=O)(O)OP(=O)(O)O)[C@@H](O)F. The molecule has 0 aliphatic carbocycles. The van der Waals surface area contributed by atoms with Crippen LogP contribution in [0.1, 0.15) is 6.92 Å². The van der Waals surface area contributed by atoms with Crippen LogP contribution < -0.4 is 0 Å². The minimum Gasteiger partial charge on any atom is -0.370 e. The number of rotatable bonds is 9. The molecular weight excluding hydrogens is 364 g/mol. The van der Waals surface area contributed by atoms with Crippen LogP contribution in [0.5, 0.6) is 0 Å². The van der Waals surface area contributed by atoms with Crippen LogP contribution in [0.2, 0.25) is 0 Å². The summed E-state index contributed by atoms with van der Waals surface area (Å²) in [6.45, 7) is -0.173. The zero-order valence-corrected chi connectivity index (χ0v) is 13.3.